The van der Waals surface area contributed by atoms with Gasteiger partial charge in [-0.1, -0.05) is 72.3 Å². The second-order valence-corrected chi connectivity index (χ2v) is 11.6. The van der Waals surface area contributed by atoms with E-state index >= 15 is 0 Å². The molecular weight excluding hydrogens is 540 g/mol. The van der Waals surface area contributed by atoms with Gasteiger partial charge in [-0.25, -0.2) is 0 Å². The highest BCUT2D eigenvalue weighted by molar-refractivity contribution is 7.87. The number of nitrogens with zero attached hydrogens (tertiary/aromatic N) is 2. The number of fused-ring (bicyclic) bond motifs is 2. The van der Waals surface area contributed by atoms with Crippen molar-refractivity contribution in [2.24, 2.45) is 0 Å². The molecule has 9 heteroatoms. The average Bonchev–Trinajstić information content (AvgIpc) is 3.33. The average molecular weight is 573 g/mol. The standard InChI is InChI=1S/C32H30N2O5S.H2O/c1-23-12-14-25(15-13-23)40(36,37)39-30-22-34(17-16-33-18-20-38-21-19-33)29-11-5-10-28(31(29)30)32(35)27-9-4-7-24-6-2-3-8-26(24)27;/h2-15,22H,16-21H2,1H3;1H2. The summed E-state index contributed by atoms with van der Waals surface area (Å²) in [5.74, 6) is -0.0485. The molecule has 212 valence electrons. The molecule has 1 aromatic heterocycles. The zero-order chi connectivity index (χ0) is 27.7. The van der Waals surface area contributed by atoms with Crippen LogP contribution in [0.1, 0.15) is 21.5 Å². The molecule has 0 unspecified atom stereocenters. The topological polar surface area (TPSA) is 109 Å². The van der Waals surface area contributed by atoms with E-state index in [1.54, 1.807) is 24.4 Å². The van der Waals surface area contributed by atoms with E-state index in [2.05, 4.69) is 4.90 Å². The molecule has 0 spiro atoms. The Balaban J connectivity index is 0.00000337. The van der Waals surface area contributed by atoms with E-state index in [0.29, 0.717) is 36.3 Å². The van der Waals surface area contributed by atoms with Gasteiger partial charge < -0.3 is 19.0 Å². The van der Waals surface area contributed by atoms with Gasteiger partial charge in [0.15, 0.2) is 11.5 Å². The van der Waals surface area contributed by atoms with Crippen LogP contribution < -0.4 is 4.18 Å². The van der Waals surface area contributed by atoms with Gasteiger partial charge in [-0.2, -0.15) is 8.42 Å². The SMILES string of the molecule is Cc1ccc(S(=O)(=O)Oc2cn(CCN3CCOCC3)c3cccc(C(=O)c4cccc5ccccc45)c23)cc1.O. The van der Waals surface area contributed by atoms with Crippen molar-refractivity contribution in [1.29, 1.82) is 0 Å². The molecule has 0 atom stereocenters. The largest absolute Gasteiger partial charge is 0.412 e. The molecule has 0 bridgehead atoms. The first-order valence-electron chi connectivity index (χ1n) is 13.4. The lowest BCUT2D eigenvalue weighted by molar-refractivity contribution is 0.0365. The van der Waals surface area contributed by atoms with Gasteiger partial charge in [0.2, 0.25) is 0 Å². The molecule has 1 fully saturated rings. The van der Waals surface area contributed by atoms with Crippen molar-refractivity contribution < 1.29 is 27.6 Å². The second-order valence-electron chi connectivity index (χ2n) is 10.0. The van der Waals surface area contributed by atoms with E-state index in [1.165, 1.54) is 12.1 Å². The van der Waals surface area contributed by atoms with Gasteiger partial charge in [0.25, 0.3) is 0 Å². The Morgan fingerprint density at radius 1 is 0.854 bits per heavy atom. The van der Waals surface area contributed by atoms with Crippen LogP contribution in [0.4, 0.5) is 0 Å². The second kappa shape index (κ2) is 11.8. The van der Waals surface area contributed by atoms with E-state index in [-0.39, 0.29) is 21.9 Å². The molecule has 41 heavy (non-hydrogen) atoms. The third-order valence-corrected chi connectivity index (χ3v) is 8.67. The number of carbonyl (C=O) groups excluding carboxylic acids is 1. The molecule has 1 aliphatic heterocycles. The Hall–Kier alpha value is -4.02. The van der Waals surface area contributed by atoms with Crippen LogP contribution in [-0.2, 0) is 21.4 Å². The Morgan fingerprint density at radius 3 is 2.32 bits per heavy atom. The van der Waals surface area contributed by atoms with E-state index in [9.17, 15) is 13.2 Å². The summed E-state index contributed by atoms with van der Waals surface area (Å²) in [6.45, 7) is 6.34. The molecule has 0 aliphatic carbocycles. The van der Waals surface area contributed by atoms with Crippen molar-refractivity contribution in [3.63, 3.8) is 0 Å². The zero-order valence-electron chi connectivity index (χ0n) is 22.7. The summed E-state index contributed by atoms with van der Waals surface area (Å²) < 4.78 is 40.0. The number of carbonyl (C=O) groups is 1. The number of aryl methyl sites for hydroxylation is 1. The summed E-state index contributed by atoms with van der Waals surface area (Å²) in [7, 11) is -4.14. The Morgan fingerprint density at radius 2 is 1.54 bits per heavy atom. The van der Waals surface area contributed by atoms with Crippen molar-refractivity contribution in [3.8, 4) is 5.75 Å². The van der Waals surface area contributed by atoms with Gasteiger partial charge >= 0.3 is 10.1 Å². The zero-order valence-corrected chi connectivity index (χ0v) is 23.6. The lowest BCUT2D eigenvalue weighted by Crippen LogP contribution is -2.38. The minimum atomic E-state index is -4.14. The van der Waals surface area contributed by atoms with Crippen LogP contribution in [0, 0.1) is 6.92 Å². The van der Waals surface area contributed by atoms with Crippen molar-refractivity contribution in [2.75, 3.05) is 32.8 Å². The van der Waals surface area contributed by atoms with Crippen LogP contribution in [0.3, 0.4) is 0 Å². The normalized spacial score (nSPS) is 14.2. The molecule has 0 amide bonds. The van der Waals surface area contributed by atoms with E-state index in [1.807, 2.05) is 66.1 Å². The summed E-state index contributed by atoms with van der Waals surface area (Å²) in [5, 5.41) is 2.29. The smallest absolute Gasteiger partial charge is 0.339 e. The number of morpholine rings is 1. The molecule has 0 radical (unpaired) electrons. The van der Waals surface area contributed by atoms with Crippen LogP contribution in [0.15, 0.2) is 96.0 Å². The fourth-order valence-corrected chi connectivity index (χ4v) is 6.19. The van der Waals surface area contributed by atoms with Crippen molar-refractivity contribution >= 4 is 37.6 Å². The van der Waals surface area contributed by atoms with Crippen LogP contribution in [0.2, 0.25) is 0 Å². The van der Waals surface area contributed by atoms with Gasteiger partial charge in [0, 0.05) is 43.5 Å². The number of rotatable bonds is 8. The van der Waals surface area contributed by atoms with Crippen molar-refractivity contribution in [1.82, 2.24) is 9.47 Å². The quantitative estimate of drug-likeness (QED) is 0.198. The number of hydrogen-bond donors (Lipinski definition) is 0. The number of ketones is 1. The Kier molecular flexibility index (Phi) is 8.23. The molecule has 0 saturated carbocycles. The fourth-order valence-electron chi connectivity index (χ4n) is 5.27. The first kappa shape index (κ1) is 28.5. The summed E-state index contributed by atoms with van der Waals surface area (Å²) in [6.07, 6.45) is 1.71. The third kappa shape index (κ3) is 5.75. The van der Waals surface area contributed by atoms with E-state index in [0.717, 1.165) is 41.5 Å². The van der Waals surface area contributed by atoms with Crippen LogP contribution in [-0.4, -0.2) is 62.0 Å². The lowest BCUT2D eigenvalue weighted by Gasteiger charge is -2.26. The van der Waals surface area contributed by atoms with Gasteiger partial charge in [-0.15, -0.1) is 0 Å². The summed E-state index contributed by atoms with van der Waals surface area (Å²) >= 11 is 0. The summed E-state index contributed by atoms with van der Waals surface area (Å²) in [5.41, 5.74) is 2.64. The van der Waals surface area contributed by atoms with Gasteiger partial charge in [0.05, 0.1) is 24.1 Å². The number of hydrogen-bond acceptors (Lipinski definition) is 6. The molecule has 1 aliphatic rings. The molecule has 2 heterocycles. The summed E-state index contributed by atoms with van der Waals surface area (Å²) in [6, 6.07) is 25.4. The molecule has 6 rings (SSSR count). The number of benzene rings is 4. The molecule has 1 saturated heterocycles. The molecular formula is C32H32N2O6S. The molecule has 4 aromatic carbocycles. The predicted molar refractivity (Wildman–Crippen MR) is 159 cm³/mol. The number of aromatic nitrogens is 1. The minimum absolute atomic E-state index is 0. The maximum atomic E-state index is 14.1. The maximum absolute atomic E-state index is 14.1. The third-order valence-electron chi connectivity index (χ3n) is 7.42. The highest BCUT2D eigenvalue weighted by Crippen LogP contribution is 2.35. The Labute approximate surface area is 239 Å². The molecule has 2 N–H and O–H groups in total. The first-order chi connectivity index (χ1) is 19.4. The maximum Gasteiger partial charge on any atom is 0.339 e. The highest BCUT2D eigenvalue weighted by atomic mass is 32.2. The van der Waals surface area contributed by atoms with Crippen molar-refractivity contribution in [2.45, 2.75) is 18.4 Å². The van der Waals surface area contributed by atoms with Crippen LogP contribution in [0.25, 0.3) is 21.7 Å². The summed E-state index contributed by atoms with van der Waals surface area (Å²) in [4.78, 5) is 16.4. The monoisotopic (exact) mass is 572 g/mol. The van der Waals surface area contributed by atoms with Gasteiger partial charge in [0.1, 0.15) is 4.90 Å². The van der Waals surface area contributed by atoms with Crippen LogP contribution in [0.5, 0.6) is 5.75 Å². The van der Waals surface area contributed by atoms with Crippen LogP contribution >= 0.6 is 0 Å². The van der Waals surface area contributed by atoms with Gasteiger partial charge in [-0.05, 0) is 35.9 Å². The minimum Gasteiger partial charge on any atom is -0.412 e. The molecule has 8 nitrogen and oxygen atoms in total. The van der Waals surface area contributed by atoms with Crippen molar-refractivity contribution in [3.05, 3.63) is 108 Å². The predicted octanol–water partition coefficient (Wildman–Crippen LogP) is 4.61. The highest BCUT2D eigenvalue weighted by Gasteiger charge is 2.25. The number of ether oxygens (including phenoxy) is 1. The van der Waals surface area contributed by atoms with Gasteiger partial charge in [-0.3, -0.25) is 9.69 Å². The lowest BCUT2D eigenvalue weighted by atomic mass is 9.95. The van der Waals surface area contributed by atoms with E-state index in [4.69, 9.17) is 8.92 Å². The Bertz CT molecular complexity index is 1800. The fraction of sp³-hybridized carbons (Fsp3) is 0.219. The van der Waals surface area contributed by atoms with E-state index < -0.39 is 10.1 Å². The first-order valence-corrected chi connectivity index (χ1v) is 14.8. The molecule has 5 aromatic rings.